The number of carbonyl (C=O) groups is 1. The van der Waals surface area contributed by atoms with Crippen LogP contribution in [-0.2, 0) is 17.9 Å². The van der Waals surface area contributed by atoms with E-state index in [2.05, 4.69) is 10.3 Å². The van der Waals surface area contributed by atoms with Crippen LogP contribution in [0.1, 0.15) is 11.3 Å². The molecule has 3 aromatic heterocycles. The summed E-state index contributed by atoms with van der Waals surface area (Å²) in [6.07, 6.45) is 2.95. The molecule has 0 spiro atoms. The van der Waals surface area contributed by atoms with E-state index in [0.717, 1.165) is 10.1 Å². The van der Waals surface area contributed by atoms with E-state index in [1.807, 2.05) is 25.1 Å². The summed E-state index contributed by atoms with van der Waals surface area (Å²) in [6.45, 7) is 1.61. The predicted molar refractivity (Wildman–Crippen MR) is 108 cm³/mol. The molecule has 0 aliphatic carbocycles. The molecule has 0 atom stereocenters. The smallest absolute Gasteiger partial charge is 0.333 e. The number of carbonyl (C=O) groups excluding carboxylic acids is 1. The number of rotatable bonds is 5. The van der Waals surface area contributed by atoms with Crippen LogP contribution in [0.15, 0.2) is 75.0 Å². The number of furan rings is 1. The average molecular weight is 390 g/mol. The number of anilines is 1. The molecule has 8 nitrogen and oxygen atoms in total. The molecule has 146 valence electrons. The maximum atomic E-state index is 13.0. The molecule has 4 aromatic rings. The summed E-state index contributed by atoms with van der Waals surface area (Å²) in [5.41, 5.74) is 0.683. The Labute approximate surface area is 165 Å². The maximum Gasteiger partial charge on any atom is 0.333 e. The fourth-order valence-corrected chi connectivity index (χ4v) is 3.15. The van der Waals surface area contributed by atoms with Crippen LogP contribution < -0.4 is 16.6 Å². The van der Waals surface area contributed by atoms with E-state index < -0.39 is 17.2 Å². The number of hydrogen-bond donors (Lipinski definition) is 1. The molecule has 1 N–H and O–H groups in total. The largest absolute Gasteiger partial charge is 0.467 e. The highest BCUT2D eigenvalue weighted by molar-refractivity contribution is 5.91. The van der Waals surface area contributed by atoms with Gasteiger partial charge in [0, 0.05) is 11.9 Å². The first-order valence-electron chi connectivity index (χ1n) is 9.00. The number of aromatic nitrogens is 3. The number of benzene rings is 1. The minimum atomic E-state index is -0.628. The van der Waals surface area contributed by atoms with Gasteiger partial charge < -0.3 is 9.73 Å². The summed E-state index contributed by atoms with van der Waals surface area (Å²) in [7, 11) is 0. The van der Waals surface area contributed by atoms with Crippen LogP contribution in [0.5, 0.6) is 0 Å². The van der Waals surface area contributed by atoms with Crippen molar-refractivity contribution in [1.82, 2.24) is 14.1 Å². The summed E-state index contributed by atoms with van der Waals surface area (Å²) < 4.78 is 7.51. The normalized spacial score (nSPS) is 10.9. The second kappa shape index (κ2) is 7.59. The van der Waals surface area contributed by atoms with Crippen molar-refractivity contribution < 1.29 is 9.21 Å². The van der Waals surface area contributed by atoms with Gasteiger partial charge in [0.1, 0.15) is 18.0 Å². The van der Waals surface area contributed by atoms with Gasteiger partial charge >= 0.3 is 5.69 Å². The molecule has 1 amide bonds. The van der Waals surface area contributed by atoms with E-state index in [1.54, 1.807) is 30.3 Å². The predicted octanol–water partition coefficient (Wildman–Crippen LogP) is 2.15. The zero-order valence-electron chi connectivity index (χ0n) is 15.7. The first-order chi connectivity index (χ1) is 14.0. The first kappa shape index (κ1) is 18.4. The minimum Gasteiger partial charge on any atom is -0.467 e. The highest BCUT2D eigenvalue weighted by atomic mass is 16.3. The standard InChI is InChI=1S/C21H18N4O4/c1-14-5-2-6-15(11-14)23-18(26)13-24-19-17(8-3-9-22-19)20(27)25(21(24)28)12-16-7-4-10-29-16/h2-11H,12-13H2,1H3,(H,23,26). The van der Waals surface area contributed by atoms with Crippen LogP contribution in [0.3, 0.4) is 0 Å². The van der Waals surface area contributed by atoms with E-state index in [1.165, 1.54) is 17.0 Å². The van der Waals surface area contributed by atoms with Crippen LogP contribution in [0.2, 0.25) is 0 Å². The first-order valence-corrected chi connectivity index (χ1v) is 9.00. The van der Waals surface area contributed by atoms with Gasteiger partial charge in [-0.05, 0) is 48.9 Å². The highest BCUT2D eigenvalue weighted by Crippen LogP contribution is 2.10. The second-order valence-electron chi connectivity index (χ2n) is 6.63. The van der Waals surface area contributed by atoms with Gasteiger partial charge in [0.15, 0.2) is 0 Å². The minimum absolute atomic E-state index is 0.0327. The Morgan fingerprint density at radius 2 is 1.97 bits per heavy atom. The lowest BCUT2D eigenvalue weighted by Crippen LogP contribution is -2.42. The Morgan fingerprint density at radius 1 is 1.10 bits per heavy atom. The molecule has 4 rings (SSSR count). The Hall–Kier alpha value is -3.94. The van der Waals surface area contributed by atoms with E-state index in [4.69, 9.17) is 4.42 Å². The van der Waals surface area contributed by atoms with E-state index in [-0.39, 0.29) is 24.1 Å². The quantitative estimate of drug-likeness (QED) is 0.563. The van der Waals surface area contributed by atoms with Crippen LogP contribution >= 0.6 is 0 Å². The van der Waals surface area contributed by atoms with Gasteiger partial charge in [0.2, 0.25) is 5.91 Å². The third-order valence-corrected chi connectivity index (χ3v) is 4.48. The Balaban J connectivity index is 1.75. The molecule has 0 fully saturated rings. The third kappa shape index (κ3) is 3.73. The summed E-state index contributed by atoms with van der Waals surface area (Å²) in [5, 5.41) is 3.02. The molecule has 0 saturated heterocycles. The van der Waals surface area contributed by atoms with Crippen LogP contribution in [0, 0.1) is 6.92 Å². The zero-order chi connectivity index (χ0) is 20.4. The van der Waals surface area contributed by atoms with Gasteiger partial charge in [-0.25, -0.2) is 9.78 Å². The topological polar surface area (TPSA) is 99.1 Å². The summed E-state index contributed by atoms with van der Waals surface area (Å²) >= 11 is 0. The molecule has 0 unspecified atom stereocenters. The van der Waals surface area contributed by atoms with Gasteiger partial charge in [-0.1, -0.05) is 12.1 Å². The van der Waals surface area contributed by atoms with E-state index >= 15 is 0 Å². The molecule has 8 heteroatoms. The molecule has 0 aliphatic rings. The van der Waals surface area contributed by atoms with Crippen molar-refractivity contribution in [3.05, 3.63) is 93.2 Å². The van der Waals surface area contributed by atoms with Crippen molar-refractivity contribution in [2.45, 2.75) is 20.0 Å². The fourth-order valence-electron chi connectivity index (χ4n) is 3.15. The van der Waals surface area contributed by atoms with E-state index in [0.29, 0.717) is 11.4 Å². The van der Waals surface area contributed by atoms with Crippen molar-refractivity contribution in [1.29, 1.82) is 0 Å². The lowest BCUT2D eigenvalue weighted by atomic mass is 10.2. The summed E-state index contributed by atoms with van der Waals surface area (Å²) in [5.74, 6) is 0.0658. The Morgan fingerprint density at radius 3 is 2.72 bits per heavy atom. The van der Waals surface area contributed by atoms with Gasteiger partial charge in [-0.15, -0.1) is 0 Å². The highest BCUT2D eigenvalue weighted by Gasteiger charge is 2.17. The van der Waals surface area contributed by atoms with Crippen LogP contribution in [0.25, 0.3) is 11.0 Å². The van der Waals surface area contributed by atoms with Crippen LogP contribution in [-0.4, -0.2) is 20.0 Å². The summed E-state index contributed by atoms with van der Waals surface area (Å²) in [6, 6.07) is 13.9. The number of nitrogens with one attached hydrogen (secondary N) is 1. The molecule has 0 radical (unpaired) electrons. The second-order valence-corrected chi connectivity index (χ2v) is 6.63. The van der Waals surface area contributed by atoms with Gasteiger partial charge in [-0.3, -0.25) is 18.7 Å². The number of nitrogens with zero attached hydrogens (tertiary/aromatic N) is 3. The Bertz CT molecular complexity index is 1300. The Kier molecular flexibility index (Phi) is 4.82. The van der Waals surface area contributed by atoms with Crippen molar-refractivity contribution in [3.8, 4) is 0 Å². The lowest BCUT2D eigenvalue weighted by molar-refractivity contribution is -0.116. The summed E-state index contributed by atoms with van der Waals surface area (Å²) in [4.78, 5) is 42.6. The molecular weight excluding hydrogens is 372 g/mol. The van der Waals surface area contributed by atoms with Gasteiger partial charge in [0.25, 0.3) is 5.56 Å². The molecule has 0 saturated carbocycles. The number of aryl methyl sites for hydroxylation is 1. The number of pyridine rings is 1. The van der Waals surface area contributed by atoms with Crippen molar-refractivity contribution in [2.24, 2.45) is 0 Å². The maximum absolute atomic E-state index is 13.0. The van der Waals surface area contributed by atoms with Crippen molar-refractivity contribution >= 4 is 22.6 Å². The SMILES string of the molecule is Cc1cccc(NC(=O)Cn2c(=O)n(Cc3ccco3)c(=O)c3cccnc32)c1. The molecule has 29 heavy (non-hydrogen) atoms. The molecule has 3 heterocycles. The van der Waals surface area contributed by atoms with E-state index in [9.17, 15) is 14.4 Å². The number of amides is 1. The number of hydrogen-bond acceptors (Lipinski definition) is 5. The third-order valence-electron chi connectivity index (χ3n) is 4.48. The van der Waals surface area contributed by atoms with Crippen molar-refractivity contribution in [3.63, 3.8) is 0 Å². The molecule has 0 bridgehead atoms. The van der Waals surface area contributed by atoms with Gasteiger partial charge in [-0.2, -0.15) is 0 Å². The number of fused-ring (bicyclic) bond motifs is 1. The van der Waals surface area contributed by atoms with Gasteiger partial charge in [0.05, 0.1) is 18.2 Å². The molecule has 0 aliphatic heterocycles. The average Bonchev–Trinajstić information content (AvgIpc) is 3.22. The molecular formula is C21H18N4O4. The zero-order valence-corrected chi connectivity index (χ0v) is 15.7. The fraction of sp³-hybridized carbons (Fsp3) is 0.143. The lowest BCUT2D eigenvalue weighted by Gasteiger charge is -2.13. The monoisotopic (exact) mass is 390 g/mol. The van der Waals surface area contributed by atoms with Crippen molar-refractivity contribution in [2.75, 3.05) is 5.32 Å². The molecule has 1 aromatic carbocycles. The van der Waals surface area contributed by atoms with Crippen LogP contribution in [0.4, 0.5) is 5.69 Å².